The molecule has 0 radical (unpaired) electrons. The molecular formula is C22H29N5O3. The van der Waals surface area contributed by atoms with Crippen molar-refractivity contribution in [2.24, 2.45) is 0 Å². The first-order chi connectivity index (χ1) is 14.4. The molecule has 8 heteroatoms. The number of benzene rings is 1. The Bertz CT molecular complexity index is 925. The highest BCUT2D eigenvalue weighted by Crippen LogP contribution is 2.29. The van der Waals surface area contributed by atoms with Crippen molar-refractivity contribution in [2.45, 2.75) is 45.9 Å². The van der Waals surface area contributed by atoms with E-state index in [0.717, 1.165) is 36.0 Å². The Labute approximate surface area is 177 Å². The summed E-state index contributed by atoms with van der Waals surface area (Å²) in [5.74, 6) is 2.40. The summed E-state index contributed by atoms with van der Waals surface area (Å²) in [5, 5.41) is 2.97. The maximum Gasteiger partial charge on any atom is 0.322 e. The van der Waals surface area contributed by atoms with Crippen LogP contribution < -0.4 is 15.0 Å². The molecule has 8 nitrogen and oxygen atoms in total. The molecule has 1 fully saturated rings. The van der Waals surface area contributed by atoms with Crippen molar-refractivity contribution < 1.29 is 14.3 Å². The van der Waals surface area contributed by atoms with Gasteiger partial charge in [0.05, 0.1) is 31.6 Å². The summed E-state index contributed by atoms with van der Waals surface area (Å²) >= 11 is 0. The predicted octanol–water partition coefficient (Wildman–Crippen LogP) is 3.00. The summed E-state index contributed by atoms with van der Waals surface area (Å²) in [6.45, 7) is 8.76. The Balaban J connectivity index is 1.55. The van der Waals surface area contributed by atoms with Gasteiger partial charge >= 0.3 is 6.03 Å². The molecule has 2 aliphatic heterocycles. The fourth-order valence-electron chi connectivity index (χ4n) is 4.21. The first-order valence-electron chi connectivity index (χ1n) is 10.4. The maximum atomic E-state index is 12.9. The van der Waals surface area contributed by atoms with E-state index < -0.39 is 0 Å². The van der Waals surface area contributed by atoms with E-state index in [4.69, 9.17) is 14.5 Å². The summed E-state index contributed by atoms with van der Waals surface area (Å²) in [6.07, 6.45) is 0.985. The van der Waals surface area contributed by atoms with Crippen LogP contribution in [-0.4, -0.2) is 59.9 Å². The lowest BCUT2D eigenvalue weighted by Gasteiger charge is -2.38. The molecule has 2 aliphatic rings. The van der Waals surface area contributed by atoms with Gasteiger partial charge < -0.3 is 24.6 Å². The molecule has 1 aromatic carbocycles. The van der Waals surface area contributed by atoms with Gasteiger partial charge in [-0.3, -0.25) is 0 Å². The number of carbonyl (C=O) groups excluding carboxylic acids is 1. The number of fused-ring (bicyclic) bond motifs is 1. The number of anilines is 2. The molecule has 0 aliphatic carbocycles. The van der Waals surface area contributed by atoms with Crippen LogP contribution in [0.15, 0.2) is 24.3 Å². The fraction of sp³-hybridized carbons (Fsp3) is 0.500. The molecule has 2 atom stereocenters. The van der Waals surface area contributed by atoms with E-state index in [1.165, 1.54) is 0 Å². The Hall–Kier alpha value is -2.87. The summed E-state index contributed by atoms with van der Waals surface area (Å²) in [5.41, 5.74) is 2.78. The number of ether oxygens (including phenoxy) is 2. The third-order valence-corrected chi connectivity index (χ3v) is 5.48. The van der Waals surface area contributed by atoms with E-state index in [-0.39, 0.29) is 18.2 Å². The molecule has 30 heavy (non-hydrogen) atoms. The minimum Gasteiger partial charge on any atom is -0.497 e. The number of methoxy groups -OCH3 is 1. The molecule has 0 saturated carbocycles. The second-order valence-electron chi connectivity index (χ2n) is 8.02. The smallest absolute Gasteiger partial charge is 0.322 e. The van der Waals surface area contributed by atoms with Crippen molar-refractivity contribution in [3.8, 4) is 5.75 Å². The summed E-state index contributed by atoms with van der Waals surface area (Å²) in [6, 6.07) is 7.24. The Morgan fingerprint density at radius 1 is 1.23 bits per heavy atom. The first kappa shape index (κ1) is 20.4. The highest BCUT2D eigenvalue weighted by atomic mass is 16.5. The standard InChI is InChI=1S/C22H29N5O3/c1-14-11-27(12-15(2)30-14)21-19-13-26(9-8-20(19)23-16(3)24-21)22(28)25-17-6-5-7-18(10-17)29-4/h5-7,10,14-15H,8-9,11-13H2,1-4H3,(H,25,28)/t14-,15+. The maximum absolute atomic E-state index is 12.9. The van der Waals surface area contributed by atoms with Crippen molar-refractivity contribution in [1.29, 1.82) is 0 Å². The van der Waals surface area contributed by atoms with Gasteiger partial charge in [0.2, 0.25) is 0 Å². The van der Waals surface area contributed by atoms with Gasteiger partial charge in [-0.15, -0.1) is 0 Å². The van der Waals surface area contributed by atoms with Crippen molar-refractivity contribution in [2.75, 3.05) is 37.0 Å². The number of nitrogens with zero attached hydrogens (tertiary/aromatic N) is 4. The minimum absolute atomic E-state index is 0.135. The quantitative estimate of drug-likeness (QED) is 0.836. The number of morpholine rings is 1. The zero-order chi connectivity index (χ0) is 21.3. The van der Waals surface area contributed by atoms with E-state index in [1.807, 2.05) is 36.1 Å². The van der Waals surface area contributed by atoms with Crippen LogP contribution in [0.5, 0.6) is 5.75 Å². The monoisotopic (exact) mass is 411 g/mol. The Kier molecular flexibility index (Phi) is 5.76. The molecule has 3 heterocycles. The zero-order valence-electron chi connectivity index (χ0n) is 18.0. The van der Waals surface area contributed by atoms with Gasteiger partial charge in [-0.2, -0.15) is 0 Å². The first-order valence-corrected chi connectivity index (χ1v) is 10.4. The average Bonchev–Trinajstić information content (AvgIpc) is 2.72. The second-order valence-corrected chi connectivity index (χ2v) is 8.02. The minimum atomic E-state index is -0.135. The molecule has 0 unspecified atom stereocenters. The average molecular weight is 412 g/mol. The van der Waals surface area contributed by atoms with Crippen LogP contribution in [0, 0.1) is 6.92 Å². The molecule has 1 N–H and O–H groups in total. The van der Waals surface area contributed by atoms with Crippen LogP contribution >= 0.6 is 0 Å². The molecule has 1 aromatic heterocycles. The van der Waals surface area contributed by atoms with E-state index in [1.54, 1.807) is 7.11 Å². The van der Waals surface area contributed by atoms with E-state index in [9.17, 15) is 4.79 Å². The van der Waals surface area contributed by atoms with Crippen LogP contribution in [0.1, 0.15) is 30.9 Å². The Morgan fingerprint density at radius 2 is 2.00 bits per heavy atom. The van der Waals surface area contributed by atoms with E-state index in [2.05, 4.69) is 29.0 Å². The molecule has 4 rings (SSSR count). The van der Waals surface area contributed by atoms with E-state index >= 15 is 0 Å². The molecule has 2 amide bonds. The lowest BCUT2D eigenvalue weighted by Crippen LogP contribution is -2.47. The van der Waals surface area contributed by atoms with Gasteiger partial charge in [-0.1, -0.05) is 6.07 Å². The zero-order valence-corrected chi connectivity index (χ0v) is 18.0. The van der Waals surface area contributed by atoms with E-state index in [0.29, 0.717) is 30.9 Å². The Morgan fingerprint density at radius 3 is 2.73 bits per heavy atom. The number of urea groups is 1. The molecule has 160 valence electrons. The third-order valence-electron chi connectivity index (χ3n) is 5.48. The molecule has 1 saturated heterocycles. The predicted molar refractivity (Wildman–Crippen MR) is 115 cm³/mol. The highest BCUT2D eigenvalue weighted by molar-refractivity contribution is 5.89. The van der Waals surface area contributed by atoms with Gasteiger partial charge in [-0.05, 0) is 32.9 Å². The summed E-state index contributed by atoms with van der Waals surface area (Å²) in [4.78, 5) is 26.5. The van der Waals surface area contributed by atoms with Crippen LogP contribution in [0.4, 0.5) is 16.3 Å². The number of aryl methyl sites for hydroxylation is 1. The summed E-state index contributed by atoms with van der Waals surface area (Å²) < 4.78 is 11.1. The normalized spacial score (nSPS) is 21.2. The van der Waals surface area contributed by atoms with Crippen molar-refractivity contribution >= 4 is 17.5 Å². The van der Waals surface area contributed by atoms with Crippen LogP contribution in [0.3, 0.4) is 0 Å². The van der Waals surface area contributed by atoms with Gasteiger partial charge in [-0.25, -0.2) is 14.8 Å². The molecule has 0 spiro atoms. The second kappa shape index (κ2) is 8.47. The van der Waals surface area contributed by atoms with Crippen molar-refractivity contribution in [1.82, 2.24) is 14.9 Å². The lowest BCUT2D eigenvalue weighted by molar-refractivity contribution is -0.00557. The lowest BCUT2D eigenvalue weighted by atomic mass is 10.0. The largest absolute Gasteiger partial charge is 0.497 e. The van der Waals surface area contributed by atoms with Crippen molar-refractivity contribution in [3.63, 3.8) is 0 Å². The van der Waals surface area contributed by atoms with Crippen LogP contribution in [-0.2, 0) is 17.7 Å². The number of nitrogens with one attached hydrogen (secondary N) is 1. The van der Waals surface area contributed by atoms with Gasteiger partial charge in [0.15, 0.2) is 0 Å². The van der Waals surface area contributed by atoms with Crippen LogP contribution in [0.2, 0.25) is 0 Å². The van der Waals surface area contributed by atoms with Gasteiger partial charge in [0.1, 0.15) is 17.4 Å². The molecule has 2 aromatic rings. The number of hydrogen-bond donors (Lipinski definition) is 1. The molecule has 0 bridgehead atoms. The van der Waals surface area contributed by atoms with Crippen LogP contribution in [0.25, 0.3) is 0 Å². The number of amides is 2. The SMILES string of the molecule is COc1cccc(NC(=O)N2CCc3nc(C)nc(N4C[C@@H](C)O[C@@H](C)C4)c3C2)c1. The summed E-state index contributed by atoms with van der Waals surface area (Å²) in [7, 11) is 1.61. The van der Waals surface area contributed by atoms with Gasteiger partial charge in [0.25, 0.3) is 0 Å². The molecular weight excluding hydrogens is 382 g/mol. The number of carbonyl (C=O) groups is 1. The number of hydrogen-bond acceptors (Lipinski definition) is 6. The van der Waals surface area contributed by atoms with Gasteiger partial charge in [0, 0.05) is 43.4 Å². The van der Waals surface area contributed by atoms with Crippen molar-refractivity contribution in [3.05, 3.63) is 41.3 Å². The highest BCUT2D eigenvalue weighted by Gasteiger charge is 2.30. The fourth-order valence-corrected chi connectivity index (χ4v) is 4.21. The number of aromatic nitrogens is 2. The topological polar surface area (TPSA) is 79.8 Å². The number of rotatable bonds is 3. The third kappa shape index (κ3) is 4.33.